The maximum atomic E-state index is 11.3. The summed E-state index contributed by atoms with van der Waals surface area (Å²) in [5.41, 5.74) is 0.806. The Bertz CT molecular complexity index is 418. The van der Waals surface area contributed by atoms with E-state index in [9.17, 15) is 4.79 Å². The number of anilines is 1. The molecule has 0 amide bonds. The summed E-state index contributed by atoms with van der Waals surface area (Å²) in [6, 6.07) is 0. The quantitative estimate of drug-likeness (QED) is 0.651. The number of nitrogens with zero attached hydrogens (tertiary/aromatic N) is 2. The Morgan fingerprint density at radius 2 is 1.81 bits per heavy atom. The van der Waals surface area contributed by atoms with Crippen molar-refractivity contribution in [3.8, 4) is 0 Å². The summed E-state index contributed by atoms with van der Waals surface area (Å²) in [5.74, 6) is 1.13. The molecule has 0 atom stereocenters. The lowest BCUT2D eigenvalue weighted by Crippen LogP contribution is -2.27. The predicted molar refractivity (Wildman–Crippen MR) is 89.0 cm³/mol. The minimum absolute atomic E-state index is 0.234. The van der Waals surface area contributed by atoms with Crippen LogP contribution in [-0.4, -0.2) is 31.2 Å². The van der Waals surface area contributed by atoms with E-state index in [2.05, 4.69) is 37.6 Å². The molecule has 0 fully saturated rings. The Morgan fingerprint density at radius 3 is 2.29 bits per heavy atom. The molecule has 0 aromatic carbocycles. The molecule has 21 heavy (non-hydrogen) atoms. The molecule has 1 aromatic rings. The van der Waals surface area contributed by atoms with Gasteiger partial charge in [0.1, 0.15) is 0 Å². The Kier molecular flexibility index (Phi) is 7.72. The maximum Gasteiger partial charge on any atom is 0.311 e. The van der Waals surface area contributed by atoms with Crippen LogP contribution in [0.25, 0.3) is 0 Å². The molecule has 0 radical (unpaired) electrons. The summed E-state index contributed by atoms with van der Waals surface area (Å²) >= 11 is 1.62. The van der Waals surface area contributed by atoms with E-state index in [1.807, 2.05) is 5.38 Å². The van der Waals surface area contributed by atoms with Gasteiger partial charge in [0, 0.05) is 18.5 Å². The lowest BCUT2D eigenvalue weighted by molar-refractivity contribution is -0.139. The van der Waals surface area contributed by atoms with Crippen molar-refractivity contribution in [1.82, 2.24) is 4.98 Å². The molecule has 0 saturated carbocycles. The third-order valence-corrected chi connectivity index (χ3v) is 4.27. The normalized spacial score (nSPS) is 11.2. The molecule has 0 saturated heterocycles. The van der Waals surface area contributed by atoms with Gasteiger partial charge < -0.3 is 9.64 Å². The molecule has 0 aliphatic rings. The highest BCUT2D eigenvalue weighted by Gasteiger charge is 2.14. The Hall–Kier alpha value is -1.10. The molecule has 0 aliphatic carbocycles. The van der Waals surface area contributed by atoms with Gasteiger partial charge in [-0.1, -0.05) is 27.7 Å². The lowest BCUT2D eigenvalue weighted by atomic mass is 10.1. The van der Waals surface area contributed by atoms with Crippen molar-refractivity contribution in [3.63, 3.8) is 0 Å². The van der Waals surface area contributed by atoms with Gasteiger partial charge >= 0.3 is 5.97 Å². The summed E-state index contributed by atoms with van der Waals surface area (Å²) in [6.45, 7) is 11.0. The van der Waals surface area contributed by atoms with Gasteiger partial charge in [0.2, 0.25) is 0 Å². The number of thiazole rings is 1. The molecule has 4 nitrogen and oxygen atoms in total. The summed E-state index contributed by atoms with van der Waals surface area (Å²) in [4.78, 5) is 18.3. The van der Waals surface area contributed by atoms with Gasteiger partial charge in [0.05, 0.1) is 19.2 Å². The van der Waals surface area contributed by atoms with Gasteiger partial charge in [-0.3, -0.25) is 4.79 Å². The Morgan fingerprint density at radius 1 is 1.24 bits per heavy atom. The van der Waals surface area contributed by atoms with Crippen molar-refractivity contribution in [1.29, 1.82) is 0 Å². The molecule has 1 rings (SSSR count). The highest BCUT2D eigenvalue weighted by atomic mass is 32.1. The summed E-state index contributed by atoms with van der Waals surface area (Å²) in [6.07, 6.45) is 2.57. The van der Waals surface area contributed by atoms with E-state index in [1.54, 1.807) is 11.3 Å². The van der Waals surface area contributed by atoms with Crippen molar-refractivity contribution in [2.45, 2.75) is 47.0 Å². The number of hydrogen-bond donors (Lipinski definition) is 0. The number of carbonyl (C=O) groups excluding carboxylic acids is 1. The van der Waals surface area contributed by atoms with Crippen LogP contribution in [0.1, 0.15) is 46.2 Å². The minimum Gasteiger partial charge on any atom is -0.469 e. The third kappa shape index (κ3) is 6.93. The monoisotopic (exact) mass is 312 g/mol. The standard InChI is InChI=1S/C16H28N2O2S/c1-12(2)6-8-18(9-7-13(3)4)16-17-14(11-21-16)10-15(19)20-5/h11-13H,6-10H2,1-5H3. The average molecular weight is 312 g/mol. The highest BCUT2D eigenvalue weighted by molar-refractivity contribution is 7.13. The van der Waals surface area contributed by atoms with E-state index in [0.717, 1.165) is 36.8 Å². The number of carbonyl (C=O) groups is 1. The minimum atomic E-state index is -0.234. The second kappa shape index (κ2) is 9.03. The largest absolute Gasteiger partial charge is 0.469 e. The predicted octanol–water partition coefficient (Wildman–Crippen LogP) is 3.76. The molecule has 0 spiro atoms. The smallest absolute Gasteiger partial charge is 0.311 e. The SMILES string of the molecule is COC(=O)Cc1csc(N(CCC(C)C)CCC(C)C)n1. The summed E-state index contributed by atoms with van der Waals surface area (Å²) < 4.78 is 4.69. The third-order valence-electron chi connectivity index (χ3n) is 3.32. The molecule has 1 aromatic heterocycles. The number of hydrogen-bond acceptors (Lipinski definition) is 5. The van der Waals surface area contributed by atoms with E-state index in [0.29, 0.717) is 11.8 Å². The zero-order valence-electron chi connectivity index (χ0n) is 13.9. The van der Waals surface area contributed by atoms with Crippen LogP contribution >= 0.6 is 11.3 Å². The van der Waals surface area contributed by atoms with Crippen LogP contribution in [0.3, 0.4) is 0 Å². The van der Waals surface area contributed by atoms with E-state index >= 15 is 0 Å². The molecular formula is C16H28N2O2S. The average Bonchev–Trinajstić information content (AvgIpc) is 2.86. The Balaban J connectivity index is 2.69. The number of esters is 1. The highest BCUT2D eigenvalue weighted by Crippen LogP contribution is 2.23. The first-order chi connectivity index (χ1) is 9.92. The number of ether oxygens (including phenoxy) is 1. The van der Waals surface area contributed by atoms with Crippen LogP contribution in [0.2, 0.25) is 0 Å². The Labute approximate surface area is 132 Å². The number of methoxy groups -OCH3 is 1. The van der Waals surface area contributed by atoms with E-state index in [1.165, 1.54) is 7.11 Å². The molecule has 0 unspecified atom stereocenters. The fraction of sp³-hybridized carbons (Fsp3) is 0.750. The van der Waals surface area contributed by atoms with Gasteiger partial charge in [0.15, 0.2) is 5.13 Å². The van der Waals surface area contributed by atoms with E-state index in [-0.39, 0.29) is 12.4 Å². The van der Waals surface area contributed by atoms with Crippen LogP contribution in [0.15, 0.2) is 5.38 Å². The van der Waals surface area contributed by atoms with Crippen molar-refractivity contribution >= 4 is 22.4 Å². The molecule has 120 valence electrons. The van der Waals surface area contributed by atoms with Gasteiger partial charge in [-0.2, -0.15) is 0 Å². The van der Waals surface area contributed by atoms with Crippen molar-refractivity contribution < 1.29 is 9.53 Å². The molecule has 0 N–H and O–H groups in total. The summed E-state index contributed by atoms with van der Waals surface area (Å²) in [5, 5.41) is 2.99. The topological polar surface area (TPSA) is 42.4 Å². The second-order valence-electron chi connectivity index (χ2n) is 6.23. The van der Waals surface area contributed by atoms with Crippen LogP contribution in [0.4, 0.5) is 5.13 Å². The van der Waals surface area contributed by atoms with Crippen molar-refractivity contribution in [2.24, 2.45) is 11.8 Å². The van der Waals surface area contributed by atoms with Crippen LogP contribution in [0.5, 0.6) is 0 Å². The molecule has 0 bridgehead atoms. The molecule has 5 heteroatoms. The zero-order chi connectivity index (χ0) is 15.8. The first-order valence-corrected chi connectivity index (χ1v) is 8.56. The van der Waals surface area contributed by atoms with Gasteiger partial charge in [-0.05, 0) is 24.7 Å². The first-order valence-electron chi connectivity index (χ1n) is 7.68. The molecular weight excluding hydrogens is 284 g/mol. The van der Waals surface area contributed by atoms with Gasteiger partial charge in [0.25, 0.3) is 0 Å². The second-order valence-corrected chi connectivity index (χ2v) is 7.06. The van der Waals surface area contributed by atoms with Gasteiger partial charge in [-0.25, -0.2) is 4.98 Å². The number of aromatic nitrogens is 1. The molecule has 1 heterocycles. The molecule has 0 aliphatic heterocycles. The maximum absolute atomic E-state index is 11.3. The van der Waals surface area contributed by atoms with E-state index < -0.39 is 0 Å². The van der Waals surface area contributed by atoms with Gasteiger partial charge in [-0.15, -0.1) is 11.3 Å². The van der Waals surface area contributed by atoms with Crippen LogP contribution < -0.4 is 4.90 Å². The van der Waals surface area contributed by atoms with Crippen molar-refractivity contribution in [2.75, 3.05) is 25.1 Å². The number of rotatable bonds is 9. The summed E-state index contributed by atoms with van der Waals surface area (Å²) in [7, 11) is 1.41. The fourth-order valence-electron chi connectivity index (χ4n) is 1.87. The first kappa shape index (κ1) is 18.0. The fourth-order valence-corrected chi connectivity index (χ4v) is 2.75. The van der Waals surface area contributed by atoms with Crippen LogP contribution in [0, 0.1) is 11.8 Å². The van der Waals surface area contributed by atoms with Crippen LogP contribution in [-0.2, 0) is 16.0 Å². The van der Waals surface area contributed by atoms with Crippen molar-refractivity contribution in [3.05, 3.63) is 11.1 Å². The van der Waals surface area contributed by atoms with E-state index in [4.69, 9.17) is 4.74 Å². The lowest BCUT2D eigenvalue weighted by Gasteiger charge is -2.23. The zero-order valence-corrected chi connectivity index (χ0v) is 14.7.